The van der Waals surface area contributed by atoms with Gasteiger partial charge in [0.25, 0.3) is 5.92 Å². The fraction of sp³-hybridized carbons (Fsp3) is 0.429. The van der Waals surface area contributed by atoms with Crippen LogP contribution in [0.1, 0.15) is 0 Å². The number of hydrogen-bond acceptors (Lipinski definition) is 4. The average molecular weight is 292 g/mol. The molecule has 1 rings (SSSR count). The molecule has 4 nitrogen and oxygen atoms in total. The van der Waals surface area contributed by atoms with Crippen molar-refractivity contribution in [1.82, 2.24) is 4.72 Å². The van der Waals surface area contributed by atoms with Crippen LogP contribution in [0.15, 0.2) is 16.3 Å². The maximum atomic E-state index is 12.6. The largest absolute Gasteiger partial charge is 0.390 e. The summed E-state index contributed by atoms with van der Waals surface area (Å²) in [7, 11) is -3.99. The van der Waals surface area contributed by atoms with Crippen LogP contribution < -0.4 is 4.72 Å². The summed E-state index contributed by atoms with van der Waals surface area (Å²) in [6.45, 7) is -2.57. The first-order valence-electron chi connectivity index (χ1n) is 4.00. The van der Waals surface area contributed by atoms with Gasteiger partial charge in [0.1, 0.15) is 10.8 Å². The van der Waals surface area contributed by atoms with E-state index in [1.807, 2.05) is 0 Å². The molecule has 0 unspecified atom stereocenters. The number of nitrogens with one attached hydrogen (secondary N) is 1. The van der Waals surface area contributed by atoms with Crippen LogP contribution in [0.4, 0.5) is 8.78 Å². The quantitative estimate of drug-likeness (QED) is 0.859. The van der Waals surface area contributed by atoms with Crippen LogP contribution in [-0.2, 0) is 10.0 Å². The molecule has 1 aromatic rings. The van der Waals surface area contributed by atoms with Crippen LogP contribution in [-0.4, -0.2) is 32.6 Å². The Labute approximate surface area is 99.9 Å². The molecular formula is C7H8ClF2NO3S2. The first-order chi connectivity index (χ1) is 7.27. The first kappa shape index (κ1) is 13.8. The van der Waals surface area contributed by atoms with E-state index in [9.17, 15) is 17.2 Å². The minimum atomic E-state index is -3.99. The zero-order chi connectivity index (χ0) is 12.4. The third-order valence-electron chi connectivity index (χ3n) is 1.57. The highest BCUT2D eigenvalue weighted by molar-refractivity contribution is 7.91. The van der Waals surface area contributed by atoms with Crippen molar-refractivity contribution < 1.29 is 22.3 Å². The lowest BCUT2D eigenvalue weighted by atomic mass is 10.4. The minimum Gasteiger partial charge on any atom is -0.390 e. The normalized spacial score (nSPS) is 13.0. The average Bonchev–Trinajstić information content (AvgIpc) is 2.63. The summed E-state index contributed by atoms with van der Waals surface area (Å²) in [5.74, 6) is -3.48. The zero-order valence-electron chi connectivity index (χ0n) is 7.78. The standard InChI is InChI=1S/C7H8ClF2NO3S2/c8-5-1-2-6(15-5)16(13,14)11-3-7(9,10)4-12/h1-2,11-12H,3-4H2. The van der Waals surface area contributed by atoms with Gasteiger partial charge in [0.2, 0.25) is 10.0 Å². The van der Waals surface area contributed by atoms with Crippen LogP contribution in [0.3, 0.4) is 0 Å². The Hall–Kier alpha value is -0.280. The van der Waals surface area contributed by atoms with Crippen molar-refractivity contribution >= 4 is 33.0 Å². The Balaban J connectivity index is 2.74. The molecule has 0 aliphatic carbocycles. The predicted octanol–water partition coefficient (Wildman–Crippen LogP) is 1.31. The highest BCUT2D eigenvalue weighted by Gasteiger charge is 2.30. The van der Waals surface area contributed by atoms with E-state index in [2.05, 4.69) is 0 Å². The van der Waals surface area contributed by atoms with Crippen LogP contribution in [0, 0.1) is 0 Å². The monoisotopic (exact) mass is 291 g/mol. The molecule has 0 saturated carbocycles. The fourth-order valence-electron chi connectivity index (χ4n) is 0.770. The summed E-state index contributed by atoms with van der Waals surface area (Å²) in [6, 6.07) is 2.57. The smallest absolute Gasteiger partial charge is 0.283 e. The minimum absolute atomic E-state index is 0.147. The van der Waals surface area contributed by atoms with Crippen LogP contribution in [0.5, 0.6) is 0 Å². The lowest BCUT2D eigenvalue weighted by molar-refractivity contribution is -0.0437. The molecule has 0 radical (unpaired) electrons. The Morgan fingerprint density at radius 3 is 2.56 bits per heavy atom. The Morgan fingerprint density at radius 2 is 2.12 bits per heavy atom. The molecule has 0 bridgehead atoms. The van der Waals surface area contributed by atoms with E-state index in [4.69, 9.17) is 16.7 Å². The first-order valence-corrected chi connectivity index (χ1v) is 6.68. The second-order valence-electron chi connectivity index (χ2n) is 2.90. The van der Waals surface area contributed by atoms with E-state index in [-0.39, 0.29) is 8.55 Å². The summed E-state index contributed by atoms with van der Waals surface area (Å²) in [5.41, 5.74) is 0. The third kappa shape index (κ3) is 3.63. The predicted molar refractivity (Wildman–Crippen MR) is 56.6 cm³/mol. The Bertz CT molecular complexity index is 460. The van der Waals surface area contributed by atoms with Crippen LogP contribution in [0.2, 0.25) is 4.34 Å². The third-order valence-corrected chi connectivity index (χ3v) is 4.69. The maximum Gasteiger partial charge on any atom is 0.283 e. The van der Waals surface area contributed by atoms with Crippen molar-refractivity contribution in [3.63, 3.8) is 0 Å². The van der Waals surface area contributed by atoms with Gasteiger partial charge in [0, 0.05) is 0 Å². The number of alkyl halides is 2. The molecule has 0 aliphatic heterocycles. The number of aliphatic hydroxyl groups is 1. The van der Waals surface area contributed by atoms with Gasteiger partial charge >= 0.3 is 0 Å². The van der Waals surface area contributed by atoms with Crippen LogP contribution >= 0.6 is 22.9 Å². The number of halogens is 3. The van der Waals surface area contributed by atoms with Gasteiger partial charge < -0.3 is 5.11 Å². The number of hydrogen-bond donors (Lipinski definition) is 2. The molecule has 2 N–H and O–H groups in total. The molecule has 0 fully saturated rings. The molecular weight excluding hydrogens is 284 g/mol. The second-order valence-corrected chi connectivity index (χ2v) is 6.61. The topological polar surface area (TPSA) is 66.4 Å². The molecule has 0 aromatic carbocycles. The zero-order valence-corrected chi connectivity index (χ0v) is 10.2. The Morgan fingerprint density at radius 1 is 1.50 bits per heavy atom. The van der Waals surface area contributed by atoms with E-state index in [0.717, 1.165) is 11.3 Å². The number of thiophene rings is 1. The van der Waals surface area contributed by atoms with E-state index in [0.29, 0.717) is 0 Å². The molecule has 0 aliphatic rings. The molecule has 1 aromatic heterocycles. The van der Waals surface area contributed by atoms with E-state index >= 15 is 0 Å². The summed E-state index contributed by atoms with van der Waals surface area (Å²) >= 11 is 6.28. The van der Waals surface area contributed by atoms with Gasteiger partial charge in [0.15, 0.2) is 0 Å². The van der Waals surface area contributed by atoms with E-state index in [1.54, 1.807) is 4.72 Å². The molecule has 0 spiro atoms. The highest BCUT2D eigenvalue weighted by atomic mass is 35.5. The van der Waals surface area contributed by atoms with E-state index in [1.165, 1.54) is 12.1 Å². The van der Waals surface area contributed by atoms with Crippen molar-refractivity contribution in [3.05, 3.63) is 16.5 Å². The van der Waals surface area contributed by atoms with Gasteiger partial charge in [-0.25, -0.2) is 21.9 Å². The second kappa shape index (κ2) is 4.92. The molecule has 16 heavy (non-hydrogen) atoms. The number of aliphatic hydroxyl groups excluding tert-OH is 1. The Kier molecular flexibility index (Phi) is 4.24. The number of rotatable bonds is 5. The van der Waals surface area contributed by atoms with Crippen LogP contribution in [0.25, 0.3) is 0 Å². The summed E-state index contributed by atoms with van der Waals surface area (Å²) in [5, 5.41) is 8.26. The lowest BCUT2D eigenvalue weighted by Crippen LogP contribution is -2.38. The van der Waals surface area contributed by atoms with Crippen molar-refractivity contribution in [2.45, 2.75) is 10.1 Å². The SMILES string of the molecule is O=S(=O)(NCC(F)(F)CO)c1ccc(Cl)s1. The van der Waals surface area contributed by atoms with Crippen molar-refractivity contribution in [2.75, 3.05) is 13.2 Å². The lowest BCUT2D eigenvalue weighted by Gasteiger charge is -2.13. The number of sulfonamides is 1. The summed E-state index contributed by atoms with van der Waals surface area (Å²) < 4.78 is 49.9. The molecule has 0 atom stereocenters. The van der Waals surface area contributed by atoms with Crippen molar-refractivity contribution in [3.8, 4) is 0 Å². The van der Waals surface area contributed by atoms with Gasteiger partial charge in [-0.3, -0.25) is 0 Å². The molecule has 0 amide bonds. The molecule has 0 saturated heterocycles. The van der Waals surface area contributed by atoms with Gasteiger partial charge in [-0.2, -0.15) is 0 Å². The van der Waals surface area contributed by atoms with Gasteiger partial charge in [-0.05, 0) is 12.1 Å². The fourth-order valence-corrected chi connectivity index (χ4v) is 3.36. The maximum absolute atomic E-state index is 12.6. The van der Waals surface area contributed by atoms with E-state index < -0.39 is 29.1 Å². The van der Waals surface area contributed by atoms with Gasteiger partial charge in [-0.1, -0.05) is 11.6 Å². The van der Waals surface area contributed by atoms with Crippen molar-refractivity contribution in [1.29, 1.82) is 0 Å². The van der Waals surface area contributed by atoms with Gasteiger partial charge in [0.05, 0.1) is 10.9 Å². The molecule has 1 heterocycles. The molecule has 9 heteroatoms. The highest BCUT2D eigenvalue weighted by Crippen LogP contribution is 2.25. The van der Waals surface area contributed by atoms with Crippen molar-refractivity contribution in [2.24, 2.45) is 0 Å². The molecule has 92 valence electrons. The summed E-state index contributed by atoms with van der Waals surface area (Å²) in [6.07, 6.45) is 0. The summed E-state index contributed by atoms with van der Waals surface area (Å²) in [4.78, 5) is 0. The van der Waals surface area contributed by atoms with Gasteiger partial charge in [-0.15, -0.1) is 11.3 Å².